The fourth-order valence-electron chi connectivity index (χ4n) is 3.92. The second-order valence-corrected chi connectivity index (χ2v) is 7.14. The van der Waals surface area contributed by atoms with Gasteiger partial charge in [-0.2, -0.15) is 5.10 Å². The maximum absolute atomic E-state index is 13.5. The zero-order valence-corrected chi connectivity index (χ0v) is 15.1. The lowest BCUT2D eigenvalue weighted by Gasteiger charge is -2.35. The predicted molar refractivity (Wildman–Crippen MR) is 93.9 cm³/mol. The van der Waals surface area contributed by atoms with Crippen LogP contribution in [0.2, 0.25) is 0 Å². The maximum Gasteiger partial charge on any atom is 0.227 e. The summed E-state index contributed by atoms with van der Waals surface area (Å²) in [6.07, 6.45) is 3.30. The van der Waals surface area contributed by atoms with Gasteiger partial charge in [-0.25, -0.2) is 8.78 Å². The first-order valence-corrected chi connectivity index (χ1v) is 9.07. The van der Waals surface area contributed by atoms with Gasteiger partial charge in [-0.05, 0) is 23.3 Å². The van der Waals surface area contributed by atoms with Gasteiger partial charge in [-0.3, -0.25) is 9.48 Å². The van der Waals surface area contributed by atoms with Crippen LogP contribution in [-0.4, -0.2) is 53.4 Å². The number of amides is 1. The Hall–Kier alpha value is -2.32. The Morgan fingerprint density at radius 1 is 1.26 bits per heavy atom. The van der Waals surface area contributed by atoms with Crippen molar-refractivity contribution in [2.45, 2.75) is 12.0 Å². The molecule has 144 valence electrons. The number of halogens is 2. The zero-order chi connectivity index (χ0) is 19.0. The molecule has 3 atom stereocenters. The number of hydrogen-bond donors (Lipinski definition) is 1. The summed E-state index contributed by atoms with van der Waals surface area (Å²) in [6.45, 7) is 2.55. The third-order valence-electron chi connectivity index (χ3n) is 5.38. The molecule has 3 heterocycles. The summed E-state index contributed by atoms with van der Waals surface area (Å²) in [6, 6.07) is 3.74. The lowest BCUT2D eigenvalue weighted by atomic mass is 9.89. The second kappa shape index (κ2) is 7.36. The zero-order valence-electron chi connectivity index (χ0n) is 15.1. The summed E-state index contributed by atoms with van der Waals surface area (Å²) in [4.78, 5) is 14.9. The molecular weight excluding hydrogens is 354 g/mol. The first kappa shape index (κ1) is 18.1. The number of aryl methyl sites for hydroxylation is 1. The molecule has 27 heavy (non-hydrogen) atoms. The second-order valence-electron chi connectivity index (χ2n) is 7.14. The Balaban J connectivity index is 1.48. The fraction of sp³-hybridized carbons (Fsp3) is 0.474. The van der Waals surface area contributed by atoms with Crippen LogP contribution in [0, 0.1) is 17.6 Å². The highest BCUT2D eigenvalue weighted by molar-refractivity contribution is 5.80. The van der Waals surface area contributed by atoms with E-state index >= 15 is 0 Å². The van der Waals surface area contributed by atoms with Gasteiger partial charge in [0.05, 0.1) is 25.3 Å². The molecule has 2 aliphatic rings. The van der Waals surface area contributed by atoms with E-state index in [4.69, 9.17) is 4.74 Å². The number of carbonyl (C=O) groups is 1. The minimum Gasteiger partial charge on any atom is -0.370 e. The number of carbonyl (C=O) groups excluding carboxylic acids is 1. The molecule has 0 saturated carbocycles. The Morgan fingerprint density at radius 3 is 2.85 bits per heavy atom. The predicted octanol–water partition coefficient (Wildman–Crippen LogP) is 1.60. The molecule has 0 radical (unpaired) electrons. The highest BCUT2D eigenvalue weighted by Gasteiger charge is 2.38. The molecule has 1 amide bonds. The van der Waals surface area contributed by atoms with E-state index in [1.807, 2.05) is 13.2 Å². The van der Waals surface area contributed by atoms with E-state index in [1.165, 1.54) is 6.07 Å². The lowest BCUT2D eigenvalue weighted by Crippen LogP contribution is -2.46. The minimum absolute atomic E-state index is 0.0599. The highest BCUT2D eigenvalue weighted by Crippen LogP contribution is 2.31. The SMILES string of the molecule is Cn1cc([C@H]2CNC[C@@H]2C(=O)N2CCOC(c3ccc(F)c(F)c3)C2)cn1. The summed E-state index contributed by atoms with van der Waals surface area (Å²) >= 11 is 0. The van der Waals surface area contributed by atoms with Crippen LogP contribution in [0.1, 0.15) is 23.1 Å². The first-order valence-electron chi connectivity index (χ1n) is 9.07. The molecule has 8 heteroatoms. The standard InChI is InChI=1S/C19H22F2N4O2/c1-24-10-13(7-23-24)14-8-22-9-15(14)19(26)25-4-5-27-18(11-25)12-2-3-16(20)17(21)6-12/h2-3,6-7,10,14-15,18,22H,4-5,8-9,11H2,1H3/t14-,15+,18?/m1/s1. The van der Waals surface area contributed by atoms with Gasteiger partial charge in [0.2, 0.25) is 5.91 Å². The summed E-state index contributed by atoms with van der Waals surface area (Å²) < 4.78 is 34.2. The number of nitrogens with one attached hydrogen (secondary N) is 1. The molecule has 1 aromatic heterocycles. The molecule has 1 unspecified atom stereocenters. The fourth-order valence-corrected chi connectivity index (χ4v) is 3.92. The Bertz CT molecular complexity index is 841. The van der Waals surface area contributed by atoms with Crippen molar-refractivity contribution >= 4 is 5.91 Å². The normalized spacial score (nSPS) is 25.7. The van der Waals surface area contributed by atoms with Crippen molar-refractivity contribution in [3.8, 4) is 0 Å². The van der Waals surface area contributed by atoms with E-state index < -0.39 is 17.7 Å². The average Bonchev–Trinajstić information content (AvgIpc) is 3.32. The van der Waals surface area contributed by atoms with Crippen LogP contribution in [0.4, 0.5) is 8.78 Å². The topological polar surface area (TPSA) is 59.4 Å². The van der Waals surface area contributed by atoms with E-state index in [2.05, 4.69) is 10.4 Å². The van der Waals surface area contributed by atoms with Crippen molar-refractivity contribution in [1.29, 1.82) is 0 Å². The highest BCUT2D eigenvalue weighted by atomic mass is 19.2. The van der Waals surface area contributed by atoms with Crippen molar-refractivity contribution in [3.05, 3.63) is 53.4 Å². The minimum atomic E-state index is -0.906. The van der Waals surface area contributed by atoms with Gasteiger partial charge >= 0.3 is 0 Å². The molecular formula is C19H22F2N4O2. The number of morpholine rings is 1. The number of benzene rings is 1. The van der Waals surface area contributed by atoms with Gasteiger partial charge in [-0.1, -0.05) is 6.07 Å². The van der Waals surface area contributed by atoms with Crippen LogP contribution in [0.5, 0.6) is 0 Å². The van der Waals surface area contributed by atoms with E-state index in [1.54, 1.807) is 15.8 Å². The smallest absolute Gasteiger partial charge is 0.227 e. The monoisotopic (exact) mass is 376 g/mol. The van der Waals surface area contributed by atoms with Gasteiger partial charge in [0.25, 0.3) is 0 Å². The quantitative estimate of drug-likeness (QED) is 0.884. The van der Waals surface area contributed by atoms with Crippen molar-refractivity contribution in [1.82, 2.24) is 20.0 Å². The number of hydrogen-bond acceptors (Lipinski definition) is 4. The molecule has 2 saturated heterocycles. The molecule has 2 aromatic rings. The molecule has 6 nitrogen and oxygen atoms in total. The Morgan fingerprint density at radius 2 is 2.11 bits per heavy atom. The molecule has 2 aliphatic heterocycles. The number of nitrogens with zero attached hydrogens (tertiary/aromatic N) is 3. The van der Waals surface area contributed by atoms with Gasteiger partial charge in [0.1, 0.15) is 6.10 Å². The van der Waals surface area contributed by atoms with Gasteiger partial charge in [0.15, 0.2) is 11.6 Å². The molecule has 0 spiro atoms. The Labute approximate surface area is 156 Å². The molecule has 4 rings (SSSR count). The number of aromatic nitrogens is 2. The van der Waals surface area contributed by atoms with E-state index in [0.717, 1.165) is 24.2 Å². The van der Waals surface area contributed by atoms with Gasteiger partial charge in [-0.15, -0.1) is 0 Å². The van der Waals surface area contributed by atoms with Crippen molar-refractivity contribution in [2.75, 3.05) is 32.8 Å². The number of rotatable bonds is 3. The molecule has 2 fully saturated rings. The van der Waals surface area contributed by atoms with Crippen molar-refractivity contribution < 1.29 is 18.3 Å². The Kier molecular flexibility index (Phi) is 4.92. The molecule has 0 bridgehead atoms. The summed E-state index contributed by atoms with van der Waals surface area (Å²) in [5.74, 6) is -1.83. The van der Waals surface area contributed by atoms with E-state index in [-0.39, 0.29) is 17.7 Å². The van der Waals surface area contributed by atoms with Crippen LogP contribution in [0.3, 0.4) is 0 Å². The summed E-state index contributed by atoms with van der Waals surface area (Å²) in [7, 11) is 1.86. The maximum atomic E-state index is 13.5. The van der Waals surface area contributed by atoms with Gasteiger partial charge in [0, 0.05) is 38.8 Å². The first-order chi connectivity index (χ1) is 13.0. The van der Waals surface area contributed by atoms with Crippen LogP contribution < -0.4 is 5.32 Å². The number of ether oxygens (including phenoxy) is 1. The summed E-state index contributed by atoms with van der Waals surface area (Å²) in [5, 5.41) is 7.51. The van der Waals surface area contributed by atoms with Crippen LogP contribution in [0.25, 0.3) is 0 Å². The van der Waals surface area contributed by atoms with Crippen molar-refractivity contribution in [2.24, 2.45) is 13.0 Å². The average molecular weight is 376 g/mol. The van der Waals surface area contributed by atoms with Crippen LogP contribution in [0.15, 0.2) is 30.6 Å². The lowest BCUT2D eigenvalue weighted by molar-refractivity contribution is -0.143. The third kappa shape index (κ3) is 3.59. The third-order valence-corrected chi connectivity index (χ3v) is 5.38. The van der Waals surface area contributed by atoms with E-state index in [0.29, 0.717) is 31.8 Å². The molecule has 1 aromatic carbocycles. The van der Waals surface area contributed by atoms with Crippen LogP contribution in [-0.2, 0) is 16.6 Å². The van der Waals surface area contributed by atoms with Gasteiger partial charge < -0.3 is 15.0 Å². The van der Waals surface area contributed by atoms with Crippen molar-refractivity contribution in [3.63, 3.8) is 0 Å². The molecule has 1 N–H and O–H groups in total. The molecule has 0 aliphatic carbocycles. The summed E-state index contributed by atoms with van der Waals surface area (Å²) in [5.41, 5.74) is 1.59. The largest absolute Gasteiger partial charge is 0.370 e. The van der Waals surface area contributed by atoms with Crippen LogP contribution >= 0.6 is 0 Å². The van der Waals surface area contributed by atoms with E-state index in [9.17, 15) is 13.6 Å².